The molecule has 2 aromatic rings. The molecule has 1 saturated heterocycles. The van der Waals surface area contributed by atoms with Crippen LogP contribution in [0.15, 0.2) is 33.5 Å². The van der Waals surface area contributed by atoms with E-state index < -0.39 is 5.97 Å². The van der Waals surface area contributed by atoms with Gasteiger partial charge in [-0.15, -0.1) is 17.0 Å². The van der Waals surface area contributed by atoms with Crippen LogP contribution in [0.25, 0.3) is 11.0 Å². The van der Waals surface area contributed by atoms with E-state index in [-0.39, 0.29) is 33.9 Å². The van der Waals surface area contributed by atoms with E-state index in [1.54, 1.807) is 24.3 Å². The quantitative estimate of drug-likeness (QED) is 0.898. The summed E-state index contributed by atoms with van der Waals surface area (Å²) in [7, 11) is 0. The van der Waals surface area contributed by atoms with Crippen LogP contribution in [0.5, 0.6) is 0 Å². The van der Waals surface area contributed by atoms with E-state index in [1.165, 1.54) is 0 Å². The molecular weight excluding hydrogens is 338 g/mol. The van der Waals surface area contributed by atoms with E-state index in [0.717, 1.165) is 19.3 Å². The van der Waals surface area contributed by atoms with Gasteiger partial charge in [0.2, 0.25) is 11.2 Å². The number of carbonyl (C=O) groups is 1. The standard InChI is InChI=1S/C15H15NO4.BrH/c17-13-10-6-2-3-7-11(10)20-14(15(18)19)12(13)16-8-4-1-5-9-16;/h2-3,6-7H,1,4-5,8-9H2,(H,18,19);1H. The summed E-state index contributed by atoms with van der Waals surface area (Å²) in [5, 5.41) is 9.75. The summed E-state index contributed by atoms with van der Waals surface area (Å²) in [5.74, 6) is -1.45. The van der Waals surface area contributed by atoms with Crippen molar-refractivity contribution in [3.63, 3.8) is 0 Å². The fourth-order valence-electron chi connectivity index (χ4n) is 2.68. The molecule has 1 aromatic heterocycles. The highest BCUT2D eigenvalue weighted by molar-refractivity contribution is 8.93. The van der Waals surface area contributed by atoms with Gasteiger partial charge >= 0.3 is 5.97 Å². The van der Waals surface area contributed by atoms with Crippen LogP contribution < -0.4 is 10.3 Å². The molecule has 21 heavy (non-hydrogen) atoms. The van der Waals surface area contributed by atoms with Gasteiger partial charge in [-0.05, 0) is 31.4 Å². The minimum absolute atomic E-state index is 0. The SMILES string of the molecule is Br.O=C(O)c1oc2ccccc2c(=O)c1N1CCCCC1. The predicted octanol–water partition coefficient (Wildman–Crippen LogP) is 3.06. The minimum atomic E-state index is -1.20. The average Bonchev–Trinajstić information content (AvgIpc) is 2.48. The Balaban J connectivity index is 0.00000161. The highest BCUT2D eigenvalue weighted by atomic mass is 79.9. The maximum atomic E-state index is 12.6. The summed E-state index contributed by atoms with van der Waals surface area (Å²) in [6.45, 7) is 1.40. The number of benzene rings is 1. The lowest BCUT2D eigenvalue weighted by Crippen LogP contribution is -2.35. The van der Waals surface area contributed by atoms with Gasteiger partial charge in [0.15, 0.2) is 0 Å². The summed E-state index contributed by atoms with van der Waals surface area (Å²) < 4.78 is 5.45. The summed E-state index contributed by atoms with van der Waals surface area (Å²) in [6, 6.07) is 6.75. The molecule has 0 aliphatic carbocycles. The molecular formula is C15H16BrNO4. The van der Waals surface area contributed by atoms with Gasteiger partial charge in [-0.25, -0.2) is 4.79 Å². The van der Waals surface area contributed by atoms with Crippen molar-refractivity contribution in [3.05, 3.63) is 40.2 Å². The van der Waals surface area contributed by atoms with Crippen LogP contribution in [-0.2, 0) is 0 Å². The first-order valence-electron chi connectivity index (χ1n) is 6.72. The first-order valence-corrected chi connectivity index (χ1v) is 6.72. The molecule has 1 N–H and O–H groups in total. The molecule has 0 radical (unpaired) electrons. The molecule has 0 saturated carbocycles. The van der Waals surface area contributed by atoms with Crippen LogP contribution in [0.4, 0.5) is 5.69 Å². The van der Waals surface area contributed by atoms with Gasteiger partial charge in [-0.3, -0.25) is 4.79 Å². The smallest absolute Gasteiger partial charge is 0.374 e. The monoisotopic (exact) mass is 353 g/mol. The Morgan fingerprint density at radius 3 is 2.48 bits per heavy atom. The number of nitrogens with zero attached hydrogens (tertiary/aromatic N) is 1. The molecule has 0 bridgehead atoms. The maximum absolute atomic E-state index is 12.6. The van der Waals surface area contributed by atoms with Crippen LogP contribution in [-0.4, -0.2) is 24.2 Å². The van der Waals surface area contributed by atoms with Crippen molar-refractivity contribution >= 4 is 39.6 Å². The Labute approximate surface area is 131 Å². The molecule has 1 aromatic carbocycles. The van der Waals surface area contributed by atoms with Crippen molar-refractivity contribution in [1.29, 1.82) is 0 Å². The lowest BCUT2D eigenvalue weighted by Gasteiger charge is -2.28. The topological polar surface area (TPSA) is 70.7 Å². The Bertz CT molecular complexity index is 719. The number of carboxylic acids is 1. The molecule has 0 spiro atoms. The van der Waals surface area contributed by atoms with Crippen LogP contribution >= 0.6 is 17.0 Å². The van der Waals surface area contributed by atoms with Crippen molar-refractivity contribution in [3.8, 4) is 0 Å². The minimum Gasteiger partial charge on any atom is -0.475 e. The van der Waals surface area contributed by atoms with E-state index in [9.17, 15) is 14.7 Å². The third-order valence-electron chi connectivity index (χ3n) is 3.64. The van der Waals surface area contributed by atoms with E-state index in [0.29, 0.717) is 24.1 Å². The van der Waals surface area contributed by atoms with Gasteiger partial charge < -0.3 is 14.4 Å². The number of halogens is 1. The molecule has 1 fully saturated rings. The second-order valence-electron chi connectivity index (χ2n) is 4.96. The maximum Gasteiger partial charge on any atom is 0.374 e. The van der Waals surface area contributed by atoms with Crippen molar-refractivity contribution in [2.24, 2.45) is 0 Å². The van der Waals surface area contributed by atoms with Crippen molar-refractivity contribution in [2.45, 2.75) is 19.3 Å². The summed E-state index contributed by atoms with van der Waals surface area (Å²) in [5.41, 5.74) is 0.248. The largest absolute Gasteiger partial charge is 0.475 e. The lowest BCUT2D eigenvalue weighted by molar-refractivity contribution is 0.0664. The number of piperidine rings is 1. The third-order valence-corrected chi connectivity index (χ3v) is 3.64. The first kappa shape index (κ1) is 15.6. The number of anilines is 1. The molecule has 3 rings (SSSR count). The van der Waals surface area contributed by atoms with Gasteiger partial charge in [-0.1, -0.05) is 12.1 Å². The zero-order chi connectivity index (χ0) is 14.1. The van der Waals surface area contributed by atoms with Gasteiger partial charge in [0.05, 0.1) is 5.39 Å². The van der Waals surface area contributed by atoms with Crippen molar-refractivity contribution in [1.82, 2.24) is 0 Å². The van der Waals surface area contributed by atoms with Crippen molar-refractivity contribution < 1.29 is 14.3 Å². The molecule has 5 nitrogen and oxygen atoms in total. The molecule has 0 unspecified atom stereocenters. The number of para-hydroxylation sites is 1. The van der Waals surface area contributed by atoms with Crippen molar-refractivity contribution in [2.75, 3.05) is 18.0 Å². The highest BCUT2D eigenvalue weighted by Gasteiger charge is 2.25. The second-order valence-corrected chi connectivity index (χ2v) is 4.96. The zero-order valence-electron chi connectivity index (χ0n) is 11.4. The molecule has 6 heteroatoms. The summed E-state index contributed by atoms with van der Waals surface area (Å²) in [4.78, 5) is 25.8. The number of aromatic carboxylic acids is 1. The van der Waals surface area contributed by atoms with Gasteiger partial charge in [0.25, 0.3) is 0 Å². The Morgan fingerprint density at radius 2 is 1.81 bits per heavy atom. The predicted molar refractivity (Wildman–Crippen MR) is 85.8 cm³/mol. The Morgan fingerprint density at radius 1 is 1.14 bits per heavy atom. The summed E-state index contributed by atoms with van der Waals surface area (Å²) >= 11 is 0. The Kier molecular flexibility index (Phi) is 4.67. The van der Waals surface area contributed by atoms with E-state index in [4.69, 9.17) is 4.42 Å². The first-order chi connectivity index (χ1) is 9.68. The highest BCUT2D eigenvalue weighted by Crippen LogP contribution is 2.24. The number of carboxylic acid groups (broad SMARTS) is 1. The van der Waals surface area contributed by atoms with E-state index in [1.807, 2.05) is 4.90 Å². The summed E-state index contributed by atoms with van der Waals surface area (Å²) in [6.07, 6.45) is 3.04. The Hall–Kier alpha value is -1.82. The molecule has 112 valence electrons. The van der Waals surface area contributed by atoms with Crippen LogP contribution in [0.1, 0.15) is 29.8 Å². The average molecular weight is 354 g/mol. The van der Waals surface area contributed by atoms with Gasteiger partial charge in [0.1, 0.15) is 11.3 Å². The van der Waals surface area contributed by atoms with Crippen LogP contribution in [0.3, 0.4) is 0 Å². The van der Waals surface area contributed by atoms with Crippen LogP contribution in [0, 0.1) is 0 Å². The fraction of sp³-hybridized carbons (Fsp3) is 0.333. The molecule has 1 aliphatic rings. The second kappa shape index (κ2) is 6.30. The molecule has 0 amide bonds. The van der Waals surface area contributed by atoms with Gasteiger partial charge in [-0.2, -0.15) is 0 Å². The number of hydrogen-bond acceptors (Lipinski definition) is 4. The molecule has 0 atom stereocenters. The third kappa shape index (κ3) is 2.81. The normalized spacial score (nSPS) is 14.8. The van der Waals surface area contributed by atoms with Crippen LogP contribution in [0.2, 0.25) is 0 Å². The number of rotatable bonds is 2. The number of hydrogen-bond donors (Lipinski definition) is 1. The fourth-order valence-corrected chi connectivity index (χ4v) is 2.68. The zero-order valence-corrected chi connectivity index (χ0v) is 13.1. The van der Waals surface area contributed by atoms with E-state index >= 15 is 0 Å². The number of fused-ring (bicyclic) bond motifs is 1. The molecule has 2 heterocycles. The lowest BCUT2D eigenvalue weighted by atomic mass is 10.1. The molecule has 1 aliphatic heterocycles. The van der Waals surface area contributed by atoms with Gasteiger partial charge in [0, 0.05) is 13.1 Å². The van der Waals surface area contributed by atoms with E-state index in [2.05, 4.69) is 0 Å².